The molecule has 0 nitrogen and oxygen atoms in total. The Bertz CT molecular complexity index is 453. The van der Waals surface area contributed by atoms with E-state index in [0.717, 1.165) is 12.1 Å². The zero-order chi connectivity index (χ0) is 31.4. The van der Waals surface area contributed by atoms with E-state index in [1.54, 1.807) is 0 Å². The highest BCUT2D eigenvalue weighted by molar-refractivity contribution is 7.45. The van der Waals surface area contributed by atoms with Gasteiger partial charge >= 0.3 is 0 Å². The molecule has 0 amide bonds. The van der Waals surface area contributed by atoms with Crippen molar-refractivity contribution in [1.82, 2.24) is 0 Å². The summed E-state index contributed by atoms with van der Waals surface area (Å²) in [6.45, 7) is 2.63. The molecular formula is C40H82Cl2Si. The van der Waals surface area contributed by atoms with Gasteiger partial charge in [0.25, 0.3) is 6.69 Å². The van der Waals surface area contributed by atoms with E-state index in [2.05, 4.69) is 13.8 Å². The molecule has 0 N–H and O–H groups in total. The van der Waals surface area contributed by atoms with Crippen molar-refractivity contribution in [2.45, 2.75) is 257 Å². The number of hydrogen-bond donors (Lipinski definition) is 0. The minimum atomic E-state index is -1.98. The molecule has 0 aromatic heterocycles. The highest BCUT2D eigenvalue weighted by Crippen LogP contribution is 2.31. The third-order valence-corrected chi connectivity index (χ3v) is 14.2. The number of halogens is 2. The van der Waals surface area contributed by atoms with Crippen LogP contribution in [0.5, 0.6) is 0 Å². The van der Waals surface area contributed by atoms with E-state index in [1.165, 1.54) is 231 Å². The molecule has 260 valence electrons. The molecule has 0 aromatic rings. The van der Waals surface area contributed by atoms with Gasteiger partial charge in [-0.3, -0.25) is 0 Å². The lowest BCUT2D eigenvalue weighted by molar-refractivity contribution is 0.526. The topological polar surface area (TPSA) is 0 Å². The van der Waals surface area contributed by atoms with E-state index < -0.39 is 6.69 Å². The van der Waals surface area contributed by atoms with Gasteiger partial charge in [0.05, 0.1) is 0 Å². The Morgan fingerprint density at radius 2 is 0.372 bits per heavy atom. The summed E-state index contributed by atoms with van der Waals surface area (Å²) >= 11 is 13.6. The first-order valence-corrected chi connectivity index (χ1v) is 24.9. The Balaban J connectivity index is 3.25. The molecule has 3 heteroatoms. The third kappa shape index (κ3) is 38.9. The summed E-state index contributed by atoms with van der Waals surface area (Å²) in [5.74, 6) is 0. The predicted molar refractivity (Wildman–Crippen MR) is 205 cm³/mol. The Labute approximate surface area is 284 Å². The summed E-state index contributed by atoms with van der Waals surface area (Å²) in [5, 5.41) is 0. The Morgan fingerprint density at radius 1 is 0.233 bits per heavy atom. The van der Waals surface area contributed by atoms with Gasteiger partial charge in [-0.2, -0.15) is 0 Å². The van der Waals surface area contributed by atoms with Crippen LogP contribution in [-0.4, -0.2) is 6.69 Å². The average molecular weight is 662 g/mol. The van der Waals surface area contributed by atoms with Crippen molar-refractivity contribution in [2.75, 3.05) is 0 Å². The number of rotatable bonds is 38. The molecule has 0 saturated carbocycles. The zero-order valence-corrected chi connectivity index (χ0v) is 32.6. The molecule has 0 radical (unpaired) electrons. The normalized spacial score (nSPS) is 12.0. The summed E-state index contributed by atoms with van der Waals surface area (Å²) in [5.41, 5.74) is 0. The van der Waals surface area contributed by atoms with Crippen molar-refractivity contribution in [3.8, 4) is 0 Å². The van der Waals surface area contributed by atoms with Gasteiger partial charge in [-0.15, -0.1) is 22.2 Å². The summed E-state index contributed by atoms with van der Waals surface area (Å²) in [4.78, 5) is 0. The van der Waals surface area contributed by atoms with E-state index in [1.807, 2.05) is 0 Å². The van der Waals surface area contributed by atoms with Crippen LogP contribution in [0.4, 0.5) is 0 Å². The molecule has 0 aliphatic rings. The van der Waals surface area contributed by atoms with E-state index in [4.69, 9.17) is 22.2 Å². The van der Waals surface area contributed by atoms with Crippen molar-refractivity contribution >= 4 is 28.9 Å². The van der Waals surface area contributed by atoms with Crippen LogP contribution in [0.2, 0.25) is 12.1 Å². The highest BCUT2D eigenvalue weighted by Gasteiger charge is 2.26. The van der Waals surface area contributed by atoms with Crippen LogP contribution in [0.25, 0.3) is 0 Å². The first kappa shape index (κ1) is 43.8. The van der Waals surface area contributed by atoms with Crippen LogP contribution in [0.15, 0.2) is 0 Å². The van der Waals surface area contributed by atoms with Crippen LogP contribution in [0.3, 0.4) is 0 Å². The minimum absolute atomic E-state index is 1.12. The molecular weight excluding hydrogens is 579 g/mol. The summed E-state index contributed by atoms with van der Waals surface area (Å²) in [7, 11) is 0. The van der Waals surface area contributed by atoms with Crippen molar-refractivity contribution < 1.29 is 0 Å². The summed E-state index contributed by atoms with van der Waals surface area (Å²) in [6, 6.07) is 2.24. The van der Waals surface area contributed by atoms with Gasteiger partial charge in [-0.05, 0) is 12.1 Å². The van der Waals surface area contributed by atoms with E-state index in [0.29, 0.717) is 0 Å². The first-order chi connectivity index (χ1) is 21.1. The standard InChI is InChI=1S/C40H82Cl2Si/c1-3-5-7-9-11-13-15-17-19-21-23-25-27-29-31-33-35-37-39-43(41,42)40-38-36-34-32-30-28-26-24-22-20-18-16-14-12-10-8-6-4-2/h3-40H2,1-2H3. The second-order valence-corrected chi connectivity index (χ2v) is 22.0. The summed E-state index contributed by atoms with van der Waals surface area (Å²) in [6.07, 6.45) is 51.5. The van der Waals surface area contributed by atoms with Crippen LogP contribution >= 0.6 is 22.2 Å². The molecule has 0 aliphatic heterocycles. The smallest absolute Gasteiger partial charge is 0.146 e. The van der Waals surface area contributed by atoms with Crippen molar-refractivity contribution in [1.29, 1.82) is 0 Å². The van der Waals surface area contributed by atoms with Crippen LogP contribution in [-0.2, 0) is 0 Å². The molecule has 0 aromatic carbocycles. The van der Waals surface area contributed by atoms with Crippen molar-refractivity contribution in [3.63, 3.8) is 0 Å². The minimum Gasteiger partial charge on any atom is -0.146 e. The fourth-order valence-corrected chi connectivity index (χ4v) is 10.1. The highest BCUT2D eigenvalue weighted by atomic mass is 35.7. The van der Waals surface area contributed by atoms with Crippen molar-refractivity contribution in [2.24, 2.45) is 0 Å². The molecule has 0 fully saturated rings. The SMILES string of the molecule is CCCCCCCCCCCCCCCCCCCC[Si](Cl)(Cl)CCCCCCCCCCCCCCCCCCCC. The molecule has 0 saturated heterocycles. The molecule has 0 rings (SSSR count). The summed E-state index contributed by atoms with van der Waals surface area (Å²) < 4.78 is 0. The van der Waals surface area contributed by atoms with Gasteiger partial charge in [0, 0.05) is 0 Å². The largest absolute Gasteiger partial charge is 0.251 e. The lowest BCUT2D eigenvalue weighted by Gasteiger charge is -2.16. The lowest BCUT2D eigenvalue weighted by atomic mass is 10.0. The van der Waals surface area contributed by atoms with Gasteiger partial charge in [0.2, 0.25) is 0 Å². The number of unbranched alkanes of at least 4 members (excludes halogenated alkanes) is 34. The van der Waals surface area contributed by atoms with Crippen LogP contribution < -0.4 is 0 Å². The van der Waals surface area contributed by atoms with E-state index in [-0.39, 0.29) is 0 Å². The van der Waals surface area contributed by atoms with Gasteiger partial charge in [-0.1, -0.05) is 245 Å². The predicted octanol–water partition coefficient (Wildman–Crippen LogP) is 17.0. The van der Waals surface area contributed by atoms with Gasteiger partial charge in [-0.25, -0.2) is 0 Å². The Kier molecular flexibility index (Phi) is 37.9. The average Bonchev–Trinajstić information content (AvgIpc) is 3.00. The zero-order valence-electron chi connectivity index (χ0n) is 30.1. The van der Waals surface area contributed by atoms with Gasteiger partial charge in [0.15, 0.2) is 0 Å². The van der Waals surface area contributed by atoms with E-state index in [9.17, 15) is 0 Å². The second kappa shape index (κ2) is 37.3. The molecule has 0 spiro atoms. The molecule has 43 heavy (non-hydrogen) atoms. The first-order valence-electron chi connectivity index (χ1n) is 20.5. The fourth-order valence-electron chi connectivity index (χ4n) is 6.70. The second-order valence-electron chi connectivity index (χ2n) is 14.4. The lowest BCUT2D eigenvalue weighted by Crippen LogP contribution is -2.18. The quantitative estimate of drug-likeness (QED) is 0.0351. The van der Waals surface area contributed by atoms with Crippen LogP contribution in [0, 0.1) is 0 Å². The maximum atomic E-state index is 6.79. The van der Waals surface area contributed by atoms with Crippen molar-refractivity contribution in [3.05, 3.63) is 0 Å². The molecule has 0 bridgehead atoms. The molecule has 0 unspecified atom stereocenters. The maximum absolute atomic E-state index is 6.79. The Hall–Kier alpha value is 0.797. The number of hydrogen-bond acceptors (Lipinski definition) is 0. The Morgan fingerprint density at radius 3 is 0.535 bits per heavy atom. The van der Waals surface area contributed by atoms with Crippen LogP contribution in [0.1, 0.15) is 245 Å². The third-order valence-electron chi connectivity index (χ3n) is 9.79. The molecule has 0 heterocycles. The van der Waals surface area contributed by atoms with E-state index >= 15 is 0 Å². The monoisotopic (exact) mass is 661 g/mol. The fraction of sp³-hybridized carbons (Fsp3) is 1.00. The maximum Gasteiger partial charge on any atom is 0.251 e. The molecule has 0 atom stereocenters. The molecule has 0 aliphatic carbocycles. The van der Waals surface area contributed by atoms with Gasteiger partial charge in [0.1, 0.15) is 0 Å². The van der Waals surface area contributed by atoms with Gasteiger partial charge < -0.3 is 0 Å².